The Morgan fingerprint density at radius 2 is 1.19 bits per heavy atom. The summed E-state index contributed by atoms with van der Waals surface area (Å²) in [6.45, 7) is 8.65. The molecule has 25 nitrogen and oxygen atoms in total. The number of carboxylic acids is 3. The summed E-state index contributed by atoms with van der Waals surface area (Å²) in [7, 11) is 0. The van der Waals surface area contributed by atoms with Crippen molar-refractivity contribution in [2.75, 3.05) is 26.2 Å². The molecule has 1 rings (SSSR count). The van der Waals surface area contributed by atoms with Gasteiger partial charge in [-0.3, -0.25) is 47.9 Å². The lowest BCUT2D eigenvalue weighted by molar-refractivity contribution is -0.143. The van der Waals surface area contributed by atoms with Crippen LogP contribution in [0.1, 0.15) is 106 Å². The highest BCUT2D eigenvalue weighted by atomic mass is 16.4. The van der Waals surface area contributed by atoms with Gasteiger partial charge in [0.1, 0.15) is 42.3 Å². The summed E-state index contributed by atoms with van der Waals surface area (Å²) in [5.74, 6) is -11.9. The minimum atomic E-state index is -1.64. The zero-order valence-electron chi connectivity index (χ0n) is 39.1. The van der Waals surface area contributed by atoms with Crippen molar-refractivity contribution in [2.45, 2.75) is 154 Å². The van der Waals surface area contributed by atoms with E-state index in [2.05, 4.69) is 37.2 Å². The molecule has 0 bridgehead atoms. The molecule has 0 aromatic heterocycles. The van der Waals surface area contributed by atoms with Gasteiger partial charge in [0.15, 0.2) is 0 Å². The van der Waals surface area contributed by atoms with Crippen LogP contribution in [0.3, 0.4) is 0 Å². The summed E-state index contributed by atoms with van der Waals surface area (Å²) in [5.41, 5.74) is 11.4. The Morgan fingerprint density at radius 3 is 1.72 bits per heavy atom. The maximum Gasteiger partial charge on any atom is 0.326 e. The van der Waals surface area contributed by atoms with E-state index in [9.17, 15) is 73.2 Å². The maximum absolute atomic E-state index is 13.9. The molecule has 0 aliphatic carbocycles. The molecule has 67 heavy (non-hydrogen) atoms. The third-order valence-corrected chi connectivity index (χ3v) is 10.8. The highest BCUT2D eigenvalue weighted by molar-refractivity contribution is 5.98. The fourth-order valence-corrected chi connectivity index (χ4v) is 6.91. The zero-order chi connectivity index (χ0) is 51.1. The number of nitrogens with one attached hydrogen (secondary N) is 7. The van der Waals surface area contributed by atoms with E-state index in [1.54, 1.807) is 41.5 Å². The smallest absolute Gasteiger partial charge is 0.326 e. The van der Waals surface area contributed by atoms with Gasteiger partial charge in [-0.05, 0) is 75.7 Å². The number of amides is 8. The number of carbonyl (C=O) groups is 11. The van der Waals surface area contributed by atoms with E-state index in [1.165, 1.54) is 0 Å². The van der Waals surface area contributed by atoms with Crippen LogP contribution in [0.25, 0.3) is 0 Å². The van der Waals surface area contributed by atoms with Gasteiger partial charge in [0.05, 0.1) is 19.2 Å². The van der Waals surface area contributed by atoms with Crippen molar-refractivity contribution in [2.24, 2.45) is 29.2 Å². The van der Waals surface area contributed by atoms with Crippen molar-refractivity contribution >= 4 is 65.2 Å². The van der Waals surface area contributed by atoms with Crippen LogP contribution in [0, 0.1) is 17.8 Å². The van der Waals surface area contributed by atoms with Crippen molar-refractivity contribution in [1.29, 1.82) is 0 Å². The number of carbonyl (C=O) groups excluding carboxylic acids is 8. The van der Waals surface area contributed by atoms with Gasteiger partial charge < -0.3 is 74.0 Å². The molecule has 0 radical (unpaired) electrons. The van der Waals surface area contributed by atoms with E-state index < -0.39 is 158 Å². The number of nitrogens with zero attached hydrogens (tertiary/aromatic N) is 1. The number of unbranched alkanes of at least 4 members (excludes halogenated alkanes) is 1. The van der Waals surface area contributed by atoms with Crippen LogP contribution in [0.2, 0.25) is 0 Å². The third kappa shape index (κ3) is 21.0. The Kier molecular flexibility index (Phi) is 26.1. The number of carboxylic acid groups (broad SMARTS) is 3. The van der Waals surface area contributed by atoms with Crippen LogP contribution in [0.15, 0.2) is 0 Å². The topological polar surface area (TPSA) is 408 Å². The molecule has 1 aliphatic heterocycles. The molecule has 8 atom stereocenters. The summed E-state index contributed by atoms with van der Waals surface area (Å²) in [5, 5.41) is 55.3. The number of aliphatic carboxylic acids is 3. The van der Waals surface area contributed by atoms with Crippen LogP contribution in [-0.4, -0.2) is 165 Å². The summed E-state index contributed by atoms with van der Waals surface area (Å²) >= 11 is 0. The third-order valence-electron chi connectivity index (χ3n) is 10.8. The number of nitrogens with two attached hydrogens (primary N) is 2. The van der Waals surface area contributed by atoms with E-state index in [4.69, 9.17) is 11.5 Å². The molecule has 1 fully saturated rings. The van der Waals surface area contributed by atoms with Crippen molar-refractivity contribution in [1.82, 2.24) is 42.1 Å². The van der Waals surface area contributed by atoms with E-state index in [-0.39, 0.29) is 44.1 Å². The molecule has 0 unspecified atom stereocenters. The molecule has 1 heterocycles. The predicted octanol–water partition coefficient (Wildman–Crippen LogP) is -3.38. The highest BCUT2D eigenvalue weighted by Crippen LogP contribution is 2.20. The Labute approximate surface area is 389 Å². The van der Waals surface area contributed by atoms with Gasteiger partial charge in [-0.15, -0.1) is 0 Å². The molecule has 15 N–H and O–H groups in total. The minimum Gasteiger partial charge on any atom is -0.481 e. The fraction of sp³-hybridized carbons (Fsp3) is 0.738. The molecule has 25 heteroatoms. The molecule has 0 saturated carbocycles. The van der Waals surface area contributed by atoms with Crippen molar-refractivity contribution < 1.29 is 73.2 Å². The Balaban J connectivity index is 3.16. The van der Waals surface area contributed by atoms with Crippen LogP contribution < -0.4 is 48.7 Å². The average Bonchev–Trinajstić information content (AvgIpc) is 3.75. The first-order chi connectivity index (χ1) is 31.3. The van der Waals surface area contributed by atoms with Crippen LogP contribution in [0.5, 0.6) is 0 Å². The number of likely N-dealkylation sites (tertiary alicyclic amines) is 1. The lowest BCUT2D eigenvalue weighted by Crippen LogP contribution is -2.59. The summed E-state index contributed by atoms with van der Waals surface area (Å²) < 4.78 is 0. The maximum atomic E-state index is 13.9. The summed E-state index contributed by atoms with van der Waals surface area (Å²) in [6, 6.07) is -10.6. The number of rotatable bonds is 31. The monoisotopic (exact) mass is 957 g/mol. The lowest BCUT2D eigenvalue weighted by atomic mass is 9.99. The predicted molar refractivity (Wildman–Crippen MR) is 238 cm³/mol. The van der Waals surface area contributed by atoms with Crippen molar-refractivity contribution in [3.8, 4) is 0 Å². The zero-order valence-corrected chi connectivity index (χ0v) is 39.1. The first kappa shape index (κ1) is 59.1. The normalized spacial score (nSPS) is 16.7. The molecular weight excluding hydrogens is 885 g/mol. The van der Waals surface area contributed by atoms with Crippen LogP contribution in [0.4, 0.5) is 0 Å². The van der Waals surface area contributed by atoms with Crippen molar-refractivity contribution in [3.05, 3.63) is 0 Å². The SMILES string of the molecule is CC(C)C[C@H](NC(=O)[C@H](CO)NC(=O)[C@@H]1CCCN1C(=O)[C@H](CCC(=O)O)NC(=O)CNC(=O)[C@H](CCC(=O)O)NC(=O)[C@@H](NC(=O)[C@@H](N)C(C)C)C(C)C)C(=O)N[C@@H](CCCCN)C(=O)O. The second kappa shape index (κ2) is 29.6. The fourth-order valence-electron chi connectivity index (χ4n) is 6.91. The number of aliphatic hydroxyl groups is 1. The lowest BCUT2D eigenvalue weighted by Gasteiger charge is -2.30. The molecule has 1 saturated heterocycles. The van der Waals surface area contributed by atoms with Gasteiger partial charge in [0.25, 0.3) is 0 Å². The molecule has 1 aliphatic rings. The second-order valence-corrected chi connectivity index (χ2v) is 17.6. The van der Waals surface area contributed by atoms with Crippen LogP contribution in [-0.2, 0) is 52.7 Å². The molecule has 0 spiro atoms. The summed E-state index contributed by atoms with van der Waals surface area (Å²) in [6.07, 6.45) is -0.686. The highest BCUT2D eigenvalue weighted by Gasteiger charge is 2.40. The minimum absolute atomic E-state index is 0.0398. The first-order valence-corrected chi connectivity index (χ1v) is 22.5. The van der Waals surface area contributed by atoms with Gasteiger partial charge in [-0.25, -0.2) is 4.79 Å². The van der Waals surface area contributed by atoms with Crippen LogP contribution >= 0.6 is 0 Å². The molecule has 0 aromatic carbocycles. The van der Waals surface area contributed by atoms with Gasteiger partial charge in [-0.2, -0.15) is 0 Å². The quantitative estimate of drug-likeness (QED) is 0.0302. The van der Waals surface area contributed by atoms with E-state index in [1.807, 2.05) is 0 Å². The molecular formula is C42H72N10O15. The van der Waals surface area contributed by atoms with Crippen molar-refractivity contribution in [3.63, 3.8) is 0 Å². The van der Waals surface area contributed by atoms with E-state index in [0.29, 0.717) is 19.4 Å². The van der Waals surface area contributed by atoms with E-state index in [0.717, 1.165) is 4.90 Å². The van der Waals surface area contributed by atoms with Gasteiger partial charge in [0, 0.05) is 19.4 Å². The molecule has 0 aromatic rings. The number of hydrogen-bond donors (Lipinski definition) is 13. The average molecular weight is 957 g/mol. The summed E-state index contributed by atoms with van der Waals surface area (Å²) in [4.78, 5) is 142. The van der Waals surface area contributed by atoms with E-state index >= 15 is 0 Å². The molecule has 380 valence electrons. The number of aliphatic hydroxyl groups excluding tert-OH is 1. The Morgan fingerprint density at radius 1 is 0.627 bits per heavy atom. The Bertz CT molecular complexity index is 1750. The number of hydrogen-bond acceptors (Lipinski definition) is 14. The first-order valence-electron chi connectivity index (χ1n) is 22.5. The van der Waals surface area contributed by atoms with Gasteiger partial charge >= 0.3 is 17.9 Å². The van der Waals surface area contributed by atoms with Gasteiger partial charge in [-0.1, -0.05) is 41.5 Å². The standard InChI is InChI=1S/C42H72N10O15/c1-21(2)18-27(36(60)48-26(42(66)67)10-7-8-16-43)49-37(61)28(20-53)50-38(62)29-11-9-17-52(29)41(65)25(13-15-32(57)58)46-30(54)19-45-35(59)24(12-14-31(55)56)47-40(64)34(23(5)6)51-39(63)33(44)22(3)4/h21-29,33-34,53H,7-20,43-44H2,1-6H3,(H,45,59)(H,46,54)(H,47,64)(H,48,60)(H,49,61)(H,50,62)(H,51,63)(H,55,56)(H,57,58)(H,66,67)/t24-,25-,26-,27-,28-,29-,33-,34-/m0/s1. The second-order valence-electron chi connectivity index (χ2n) is 17.6. The largest absolute Gasteiger partial charge is 0.481 e. The van der Waals surface area contributed by atoms with Gasteiger partial charge in [0.2, 0.25) is 47.3 Å². The molecule has 8 amide bonds. The Hall–Kier alpha value is -5.95.